The number of sulfonamides is 1. The van der Waals surface area contributed by atoms with Crippen LogP contribution < -0.4 is 10.6 Å². The van der Waals surface area contributed by atoms with E-state index in [9.17, 15) is 22.8 Å². The molecule has 0 bridgehead atoms. The first-order chi connectivity index (χ1) is 15.2. The lowest BCUT2D eigenvalue weighted by Gasteiger charge is -2.19. The highest BCUT2D eigenvalue weighted by Gasteiger charge is 2.24. The van der Waals surface area contributed by atoms with Crippen molar-refractivity contribution in [1.29, 1.82) is 0 Å². The molecule has 0 fully saturated rings. The smallest absolute Gasteiger partial charge is 0.338 e. The van der Waals surface area contributed by atoms with Crippen molar-refractivity contribution in [3.05, 3.63) is 65.2 Å². The number of hydrogen-bond donors (Lipinski definition) is 2. The molecule has 2 rings (SSSR count). The topological polar surface area (TPSA) is 122 Å². The second-order valence-corrected chi connectivity index (χ2v) is 8.80. The van der Waals surface area contributed by atoms with Crippen molar-refractivity contribution in [3.63, 3.8) is 0 Å². The molecule has 3 amide bonds. The van der Waals surface area contributed by atoms with E-state index in [1.165, 1.54) is 22.5 Å². The minimum Gasteiger partial charge on any atom is -0.452 e. The molecule has 0 aliphatic heterocycles. The number of nitrogens with one attached hydrogen (secondary N) is 2. The quantitative estimate of drug-likeness (QED) is 0.552. The van der Waals surface area contributed by atoms with Crippen LogP contribution in [0.1, 0.15) is 35.3 Å². The first-order valence-electron chi connectivity index (χ1n) is 10.1. The van der Waals surface area contributed by atoms with Crippen LogP contribution >= 0.6 is 0 Å². The molecule has 0 saturated heterocycles. The van der Waals surface area contributed by atoms with Crippen molar-refractivity contribution >= 4 is 27.9 Å². The molecule has 0 radical (unpaired) electrons. The third kappa shape index (κ3) is 6.63. The number of ether oxygens (including phenoxy) is 1. The average Bonchev–Trinajstić information content (AvgIpc) is 2.77. The number of aryl methyl sites for hydroxylation is 1. The van der Waals surface area contributed by atoms with Crippen molar-refractivity contribution in [1.82, 2.24) is 14.9 Å². The summed E-state index contributed by atoms with van der Waals surface area (Å²) in [6, 6.07) is 12.6. The Morgan fingerprint density at radius 1 is 1.00 bits per heavy atom. The lowest BCUT2D eigenvalue weighted by molar-refractivity contribution is -0.123. The zero-order valence-corrected chi connectivity index (χ0v) is 19.1. The molecule has 0 aliphatic carbocycles. The minimum atomic E-state index is -3.76. The summed E-state index contributed by atoms with van der Waals surface area (Å²) >= 11 is 0. The maximum absolute atomic E-state index is 12.7. The number of nitrogens with zero attached hydrogens (tertiary/aromatic N) is 1. The number of hydrogen-bond acceptors (Lipinski definition) is 6. The summed E-state index contributed by atoms with van der Waals surface area (Å²) in [5.41, 5.74) is 1.38. The van der Waals surface area contributed by atoms with Gasteiger partial charge in [0.1, 0.15) is 0 Å². The number of urea groups is 1. The largest absolute Gasteiger partial charge is 0.452 e. The second kappa shape index (κ2) is 11.4. The van der Waals surface area contributed by atoms with Gasteiger partial charge in [-0.1, -0.05) is 50.2 Å². The third-order valence-corrected chi connectivity index (χ3v) is 6.70. The highest BCUT2D eigenvalue weighted by Crippen LogP contribution is 2.20. The maximum Gasteiger partial charge on any atom is 0.338 e. The highest BCUT2D eigenvalue weighted by atomic mass is 32.2. The van der Waals surface area contributed by atoms with E-state index in [1.807, 2.05) is 30.3 Å². The molecule has 0 spiro atoms. The van der Waals surface area contributed by atoms with Gasteiger partial charge in [-0.2, -0.15) is 4.31 Å². The van der Waals surface area contributed by atoms with Crippen molar-refractivity contribution in [2.45, 2.75) is 32.2 Å². The summed E-state index contributed by atoms with van der Waals surface area (Å²) in [5.74, 6) is -1.67. The Morgan fingerprint density at radius 3 is 2.28 bits per heavy atom. The SMILES string of the molecule is CCN(CC)S(=O)(=O)c1ccc(C)c(C(=O)OCC(=O)NC(=O)NCc2ccccc2)c1. The van der Waals surface area contributed by atoms with Gasteiger partial charge in [0.25, 0.3) is 5.91 Å². The molecule has 2 aromatic rings. The molecule has 0 saturated carbocycles. The molecule has 0 aromatic heterocycles. The number of imide groups is 1. The van der Waals surface area contributed by atoms with Gasteiger partial charge in [-0.05, 0) is 30.2 Å². The predicted octanol–water partition coefficient (Wildman–Crippen LogP) is 2.21. The third-order valence-electron chi connectivity index (χ3n) is 4.66. The molecule has 172 valence electrons. The molecule has 0 heterocycles. The van der Waals surface area contributed by atoms with E-state index in [2.05, 4.69) is 10.6 Å². The summed E-state index contributed by atoms with van der Waals surface area (Å²) in [6.45, 7) is 5.19. The molecule has 9 nitrogen and oxygen atoms in total. The van der Waals surface area contributed by atoms with Crippen molar-refractivity contribution < 1.29 is 27.5 Å². The van der Waals surface area contributed by atoms with Crippen LogP contribution in [0.15, 0.2) is 53.4 Å². The predicted molar refractivity (Wildman–Crippen MR) is 118 cm³/mol. The zero-order valence-electron chi connectivity index (χ0n) is 18.3. The first-order valence-corrected chi connectivity index (χ1v) is 11.5. The fraction of sp³-hybridized carbons (Fsp3) is 0.318. The maximum atomic E-state index is 12.7. The number of carbonyl (C=O) groups excluding carboxylic acids is 3. The van der Waals surface area contributed by atoms with Gasteiger partial charge in [0, 0.05) is 19.6 Å². The summed E-state index contributed by atoms with van der Waals surface area (Å²) in [4.78, 5) is 36.1. The van der Waals surface area contributed by atoms with Gasteiger partial charge in [-0.3, -0.25) is 10.1 Å². The Bertz CT molecular complexity index is 1070. The fourth-order valence-electron chi connectivity index (χ4n) is 2.89. The van der Waals surface area contributed by atoms with E-state index in [1.54, 1.807) is 20.8 Å². The number of rotatable bonds is 9. The van der Waals surface area contributed by atoms with E-state index in [0.717, 1.165) is 5.56 Å². The van der Waals surface area contributed by atoms with Crippen molar-refractivity contribution in [3.8, 4) is 0 Å². The summed E-state index contributed by atoms with van der Waals surface area (Å²) in [5, 5.41) is 4.59. The van der Waals surface area contributed by atoms with Gasteiger partial charge in [-0.25, -0.2) is 18.0 Å². The first kappa shape index (κ1) is 25.0. The van der Waals surface area contributed by atoms with Crippen molar-refractivity contribution in [2.24, 2.45) is 0 Å². The highest BCUT2D eigenvalue weighted by molar-refractivity contribution is 7.89. The Balaban J connectivity index is 1.96. The lowest BCUT2D eigenvalue weighted by atomic mass is 10.1. The van der Waals surface area contributed by atoms with Gasteiger partial charge in [0.15, 0.2) is 6.61 Å². The van der Waals surface area contributed by atoms with Gasteiger partial charge >= 0.3 is 12.0 Å². The fourth-order valence-corrected chi connectivity index (χ4v) is 4.37. The number of benzene rings is 2. The van der Waals surface area contributed by atoms with Gasteiger partial charge < -0.3 is 10.1 Å². The molecule has 0 aliphatic rings. The van der Waals surface area contributed by atoms with Crippen LogP contribution in [0.3, 0.4) is 0 Å². The Kier molecular flexibility index (Phi) is 8.91. The Hall–Kier alpha value is -3.24. The van der Waals surface area contributed by atoms with Crippen LogP contribution in [0, 0.1) is 6.92 Å². The second-order valence-electron chi connectivity index (χ2n) is 6.86. The van der Waals surface area contributed by atoms with Gasteiger partial charge in [-0.15, -0.1) is 0 Å². The molecule has 0 atom stereocenters. The molecule has 2 aromatic carbocycles. The molecule has 2 N–H and O–H groups in total. The van der Waals surface area contributed by atoms with E-state index in [-0.39, 0.29) is 17.0 Å². The van der Waals surface area contributed by atoms with Crippen LogP contribution in [0.4, 0.5) is 4.79 Å². The lowest BCUT2D eigenvalue weighted by Crippen LogP contribution is -2.41. The standard InChI is InChI=1S/C22H27N3O6S/c1-4-25(5-2)32(29,30)18-12-11-16(3)19(13-18)21(27)31-15-20(26)24-22(28)23-14-17-9-7-6-8-10-17/h6-13H,4-5,14-15H2,1-3H3,(H2,23,24,26,28). The van der Waals surface area contributed by atoms with Gasteiger partial charge in [0.05, 0.1) is 10.5 Å². The van der Waals surface area contributed by atoms with Crippen molar-refractivity contribution in [2.75, 3.05) is 19.7 Å². The van der Waals surface area contributed by atoms with Crippen LogP contribution in [-0.4, -0.2) is 50.3 Å². The number of carbonyl (C=O) groups is 3. The Labute approximate surface area is 187 Å². The number of esters is 1. The Morgan fingerprint density at radius 2 is 1.66 bits per heavy atom. The monoisotopic (exact) mass is 461 g/mol. The van der Waals surface area contributed by atoms with Crippen LogP contribution in [0.5, 0.6) is 0 Å². The molecule has 0 unspecified atom stereocenters. The molecular formula is C22H27N3O6S. The molecule has 32 heavy (non-hydrogen) atoms. The summed E-state index contributed by atoms with van der Waals surface area (Å²) < 4.78 is 31.6. The average molecular weight is 462 g/mol. The summed E-state index contributed by atoms with van der Waals surface area (Å²) in [6.07, 6.45) is 0. The van der Waals surface area contributed by atoms with Crippen LogP contribution in [-0.2, 0) is 26.1 Å². The van der Waals surface area contributed by atoms with Crippen LogP contribution in [0.2, 0.25) is 0 Å². The van der Waals surface area contributed by atoms with E-state index in [4.69, 9.17) is 4.74 Å². The zero-order chi connectivity index (χ0) is 23.7. The molecule has 10 heteroatoms. The number of amides is 3. The van der Waals surface area contributed by atoms with Gasteiger partial charge in [0.2, 0.25) is 10.0 Å². The van der Waals surface area contributed by atoms with E-state index >= 15 is 0 Å². The normalized spacial score (nSPS) is 11.1. The summed E-state index contributed by atoms with van der Waals surface area (Å²) in [7, 11) is -3.76. The molecular weight excluding hydrogens is 434 g/mol. The van der Waals surface area contributed by atoms with E-state index < -0.39 is 34.5 Å². The van der Waals surface area contributed by atoms with E-state index in [0.29, 0.717) is 18.7 Å². The minimum absolute atomic E-state index is 0.0274. The van der Waals surface area contributed by atoms with Crippen LogP contribution in [0.25, 0.3) is 0 Å².